The molecular weight excluding hydrogens is 318 g/mol. The molecule has 2 aliphatic heterocycles. The van der Waals surface area contributed by atoms with E-state index in [1.807, 2.05) is 4.90 Å². The maximum atomic E-state index is 12.3. The summed E-state index contributed by atoms with van der Waals surface area (Å²) in [5, 5.41) is 6.23. The first-order valence-electron chi connectivity index (χ1n) is 8.08. The quantitative estimate of drug-likeness (QED) is 0.868. The van der Waals surface area contributed by atoms with Crippen LogP contribution in [0.3, 0.4) is 0 Å². The van der Waals surface area contributed by atoms with E-state index >= 15 is 0 Å². The third-order valence-electron chi connectivity index (χ3n) is 4.48. The summed E-state index contributed by atoms with van der Waals surface area (Å²) in [5.74, 6) is 0.739. The summed E-state index contributed by atoms with van der Waals surface area (Å²) < 4.78 is 5.18. The first kappa shape index (κ1) is 17.8. The largest absolute Gasteiger partial charge is 0.459 e. The second-order valence-electron chi connectivity index (χ2n) is 6.13. The molecule has 2 saturated heterocycles. The van der Waals surface area contributed by atoms with E-state index in [4.69, 9.17) is 4.42 Å². The molecule has 2 amide bonds. The van der Waals surface area contributed by atoms with Gasteiger partial charge in [0, 0.05) is 19.6 Å². The van der Waals surface area contributed by atoms with Gasteiger partial charge in [0.1, 0.15) is 0 Å². The average molecular weight is 342 g/mol. The molecule has 2 aliphatic rings. The highest BCUT2D eigenvalue weighted by molar-refractivity contribution is 5.91. The topological polar surface area (TPSA) is 74.6 Å². The molecule has 0 bridgehead atoms. The van der Waals surface area contributed by atoms with E-state index in [9.17, 15) is 9.59 Å². The van der Waals surface area contributed by atoms with Crippen LogP contribution in [0.15, 0.2) is 22.8 Å². The maximum absolute atomic E-state index is 12.3. The number of furan rings is 1. The predicted molar refractivity (Wildman–Crippen MR) is 88.6 cm³/mol. The van der Waals surface area contributed by atoms with Crippen molar-refractivity contribution in [3.05, 3.63) is 24.2 Å². The summed E-state index contributed by atoms with van der Waals surface area (Å²) in [6.45, 7) is 3.00. The molecule has 0 aromatic carbocycles. The number of carbonyl (C=O) groups excluding carboxylic acids is 2. The van der Waals surface area contributed by atoms with Crippen LogP contribution >= 0.6 is 12.4 Å². The zero-order valence-corrected chi connectivity index (χ0v) is 13.9. The molecule has 0 aliphatic carbocycles. The van der Waals surface area contributed by atoms with Gasteiger partial charge in [-0.3, -0.25) is 9.59 Å². The van der Waals surface area contributed by atoms with Gasteiger partial charge in [0.15, 0.2) is 5.76 Å². The molecule has 7 heteroatoms. The van der Waals surface area contributed by atoms with Crippen LogP contribution in [-0.2, 0) is 4.79 Å². The molecule has 0 spiro atoms. The molecule has 2 unspecified atom stereocenters. The highest BCUT2D eigenvalue weighted by Gasteiger charge is 2.27. The van der Waals surface area contributed by atoms with Crippen molar-refractivity contribution in [2.45, 2.75) is 31.7 Å². The third-order valence-corrected chi connectivity index (χ3v) is 4.48. The van der Waals surface area contributed by atoms with Crippen molar-refractivity contribution in [2.24, 2.45) is 5.92 Å². The molecule has 6 nitrogen and oxygen atoms in total. The lowest BCUT2D eigenvalue weighted by Crippen LogP contribution is -2.46. The van der Waals surface area contributed by atoms with Crippen LogP contribution in [-0.4, -0.2) is 48.9 Å². The van der Waals surface area contributed by atoms with E-state index < -0.39 is 0 Å². The van der Waals surface area contributed by atoms with Gasteiger partial charge in [-0.15, -0.1) is 12.4 Å². The van der Waals surface area contributed by atoms with Gasteiger partial charge in [-0.05, 0) is 50.3 Å². The lowest BCUT2D eigenvalue weighted by molar-refractivity contribution is -0.123. The van der Waals surface area contributed by atoms with E-state index in [0.717, 1.165) is 38.8 Å². The van der Waals surface area contributed by atoms with Gasteiger partial charge in [0.25, 0.3) is 5.91 Å². The van der Waals surface area contributed by atoms with Gasteiger partial charge < -0.3 is 20.0 Å². The number of carbonyl (C=O) groups is 2. The standard InChI is InChI=1S/C16H23N3O3.ClH/c20-15(13-5-1-7-17-13)18-10-12-4-2-8-19(11-12)16(21)14-6-3-9-22-14;/h3,6,9,12-13,17H,1-2,4-5,7-8,10-11H2,(H,18,20);1H. The molecule has 1 aromatic rings. The summed E-state index contributed by atoms with van der Waals surface area (Å²) in [7, 11) is 0. The van der Waals surface area contributed by atoms with Gasteiger partial charge >= 0.3 is 0 Å². The molecule has 1 aromatic heterocycles. The summed E-state index contributed by atoms with van der Waals surface area (Å²) in [6, 6.07) is 3.38. The monoisotopic (exact) mass is 341 g/mol. The number of hydrogen-bond donors (Lipinski definition) is 2. The Morgan fingerprint density at radius 1 is 1.35 bits per heavy atom. The van der Waals surface area contributed by atoms with E-state index in [1.165, 1.54) is 6.26 Å². The van der Waals surface area contributed by atoms with Crippen molar-refractivity contribution in [1.82, 2.24) is 15.5 Å². The van der Waals surface area contributed by atoms with E-state index in [0.29, 0.717) is 24.8 Å². The Labute approximate surface area is 142 Å². The van der Waals surface area contributed by atoms with Gasteiger partial charge in [0.05, 0.1) is 12.3 Å². The lowest BCUT2D eigenvalue weighted by atomic mass is 9.97. The van der Waals surface area contributed by atoms with Gasteiger partial charge in [-0.2, -0.15) is 0 Å². The Balaban J connectivity index is 0.00000192. The summed E-state index contributed by atoms with van der Waals surface area (Å²) in [6.07, 6.45) is 5.50. The van der Waals surface area contributed by atoms with Crippen LogP contribution in [0.2, 0.25) is 0 Å². The molecule has 2 atom stereocenters. The van der Waals surface area contributed by atoms with E-state index in [1.54, 1.807) is 12.1 Å². The average Bonchev–Trinajstić information content (AvgIpc) is 3.25. The number of halogens is 1. The molecule has 3 rings (SSSR count). The van der Waals surface area contributed by atoms with Crippen LogP contribution in [0.4, 0.5) is 0 Å². The number of nitrogens with zero attached hydrogens (tertiary/aromatic N) is 1. The zero-order valence-electron chi connectivity index (χ0n) is 13.1. The summed E-state index contributed by atoms with van der Waals surface area (Å²) in [5.41, 5.74) is 0. The molecule has 2 N–H and O–H groups in total. The second kappa shape index (κ2) is 8.36. The molecular formula is C16H24ClN3O3. The first-order chi connectivity index (χ1) is 10.7. The van der Waals surface area contributed by atoms with Crippen LogP contribution in [0.5, 0.6) is 0 Å². The fourth-order valence-corrected chi connectivity index (χ4v) is 3.25. The van der Waals surface area contributed by atoms with Crippen molar-refractivity contribution in [3.63, 3.8) is 0 Å². The highest BCUT2D eigenvalue weighted by atomic mass is 35.5. The van der Waals surface area contributed by atoms with Crippen molar-refractivity contribution in [2.75, 3.05) is 26.2 Å². The zero-order chi connectivity index (χ0) is 15.4. The Morgan fingerprint density at radius 2 is 2.22 bits per heavy atom. The van der Waals surface area contributed by atoms with Crippen LogP contribution in [0.1, 0.15) is 36.2 Å². The van der Waals surface area contributed by atoms with Gasteiger partial charge in [-0.1, -0.05) is 0 Å². The molecule has 3 heterocycles. The fraction of sp³-hybridized carbons (Fsp3) is 0.625. The van der Waals surface area contributed by atoms with Gasteiger partial charge in [-0.25, -0.2) is 0 Å². The number of rotatable bonds is 4. The van der Waals surface area contributed by atoms with Crippen molar-refractivity contribution in [1.29, 1.82) is 0 Å². The van der Waals surface area contributed by atoms with Crippen LogP contribution < -0.4 is 10.6 Å². The highest BCUT2D eigenvalue weighted by Crippen LogP contribution is 2.18. The number of amides is 2. The Morgan fingerprint density at radius 3 is 2.91 bits per heavy atom. The van der Waals surface area contributed by atoms with E-state index in [2.05, 4.69) is 10.6 Å². The minimum absolute atomic E-state index is 0. The minimum atomic E-state index is -0.0570. The predicted octanol–water partition coefficient (Wildman–Crippen LogP) is 1.42. The first-order valence-corrected chi connectivity index (χ1v) is 8.08. The second-order valence-corrected chi connectivity index (χ2v) is 6.13. The Bertz CT molecular complexity index is 515. The van der Waals surface area contributed by atoms with Crippen LogP contribution in [0, 0.1) is 5.92 Å². The number of piperidine rings is 1. The smallest absolute Gasteiger partial charge is 0.289 e. The van der Waals surface area contributed by atoms with Crippen molar-refractivity contribution < 1.29 is 14.0 Å². The fourth-order valence-electron chi connectivity index (χ4n) is 3.25. The van der Waals surface area contributed by atoms with Gasteiger partial charge in [0.2, 0.25) is 5.91 Å². The third kappa shape index (κ3) is 4.48. The number of likely N-dealkylation sites (tertiary alicyclic amines) is 1. The molecule has 2 fully saturated rings. The minimum Gasteiger partial charge on any atom is -0.459 e. The SMILES string of the molecule is Cl.O=C(NCC1CCCN(C(=O)c2ccco2)C1)C1CCCN1. The molecule has 128 valence electrons. The van der Waals surface area contributed by atoms with Crippen LogP contribution in [0.25, 0.3) is 0 Å². The number of nitrogens with one attached hydrogen (secondary N) is 2. The molecule has 23 heavy (non-hydrogen) atoms. The Hall–Kier alpha value is -1.53. The van der Waals surface area contributed by atoms with Crippen molar-refractivity contribution >= 4 is 24.2 Å². The molecule has 0 radical (unpaired) electrons. The molecule has 0 saturated carbocycles. The summed E-state index contributed by atoms with van der Waals surface area (Å²) in [4.78, 5) is 26.1. The Kier molecular flexibility index (Phi) is 6.47. The maximum Gasteiger partial charge on any atom is 0.289 e. The lowest BCUT2D eigenvalue weighted by Gasteiger charge is -2.32. The number of hydrogen-bond acceptors (Lipinski definition) is 4. The normalized spacial score (nSPS) is 24.1. The summed E-state index contributed by atoms with van der Waals surface area (Å²) >= 11 is 0. The van der Waals surface area contributed by atoms with E-state index in [-0.39, 0.29) is 30.3 Å². The van der Waals surface area contributed by atoms with Crippen molar-refractivity contribution in [3.8, 4) is 0 Å².